The van der Waals surface area contributed by atoms with Crippen LogP contribution in [-0.2, 0) is 20.7 Å². The lowest BCUT2D eigenvalue weighted by Gasteiger charge is -2.23. The van der Waals surface area contributed by atoms with E-state index in [9.17, 15) is 14.4 Å². The minimum absolute atomic E-state index is 0.176. The number of carbonyl (C=O) groups is 3. The molecule has 7 nitrogen and oxygen atoms in total. The summed E-state index contributed by atoms with van der Waals surface area (Å²) in [6, 6.07) is 12.7. The molecule has 0 saturated carbocycles. The average molecular weight is 397 g/mol. The summed E-state index contributed by atoms with van der Waals surface area (Å²) in [5.41, 5.74) is 1.09. The molecule has 29 heavy (non-hydrogen) atoms. The fraction of sp³-hybridized carbons (Fsp3) is 0.364. The fourth-order valence-corrected chi connectivity index (χ4v) is 2.89. The first-order valence-electron chi connectivity index (χ1n) is 9.54. The maximum atomic E-state index is 13.0. The number of esters is 1. The Morgan fingerprint density at radius 3 is 2.24 bits per heavy atom. The largest absolute Gasteiger partial charge is 0.467 e. The number of nitrogens with zero attached hydrogens (tertiary/aromatic N) is 1. The summed E-state index contributed by atoms with van der Waals surface area (Å²) in [6.07, 6.45) is 2.22. The number of hydrogen-bond acceptors (Lipinski definition) is 5. The first-order valence-corrected chi connectivity index (χ1v) is 9.54. The number of carbonyl (C=O) groups excluding carboxylic acids is 3. The average Bonchev–Trinajstić information content (AvgIpc) is 2.73. The molecule has 0 aliphatic heterocycles. The van der Waals surface area contributed by atoms with E-state index in [-0.39, 0.29) is 18.0 Å². The lowest BCUT2D eigenvalue weighted by Crippen LogP contribution is -2.53. The van der Waals surface area contributed by atoms with Gasteiger partial charge in [-0.05, 0) is 30.0 Å². The summed E-state index contributed by atoms with van der Waals surface area (Å²) in [5, 5.41) is 5.46. The second-order valence-corrected chi connectivity index (χ2v) is 7.14. The highest BCUT2D eigenvalue weighted by Gasteiger charge is 2.28. The molecule has 2 aromatic rings. The molecule has 2 N–H and O–H groups in total. The van der Waals surface area contributed by atoms with Gasteiger partial charge in [-0.1, -0.05) is 50.2 Å². The van der Waals surface area contributed by atoms with Gasteiger partial charge in [-0.15, -0.1) is 0 Å². The Morgan fingerprint density at radius 1 is 0.966 bits per heavy atom. The molecule has 2 amide bonds. The molecular formula is C22H27N3O4. The molecule has 0 radical (unpaired) electrons. The number of aromatic nitrogens is 1. The molecule has 1 aromatic carbocycles. The van der Waals surface area contributed by atoms with E-state index in [1.54, 1.807) is 18.2 Å². The summed E-state index contributed by atoms with van der Waals surface area (Å²) in [7, 11) is 1.28. The predicted molar refractivity (Wildman–Crippen MR) is 109 cm³/mol. The molecule has 0 bridgehead atoms. The molecule has 1 heterocycles. The highest BCUT2D eigenvalue weighted by Crippen LogP contribution is 2.09. The SMILES string of the molecule is COC(=O)[C@H](CC(C)C)NC(=O)C(Cc1ccccc1)NC(=O)c1ccccn1. The van der Waals surface area contributed by atoms with Crippen molar-refractivity contribution in [2.45, 2.75) is 38.8 Å². The van der Waals surface area contributed by atoms with Crippen molar-refractivity contribution in [2.75, 3.05) is 7.11 Å². The van der Waals surface area contributed by atoms with Crippen molar-refractivity contribution in [1.82, 2.24) is 15.6 Å². The van der Waals surface area contributed by atoms with Crippen LogP contribution in [0.3, 0.4) is 0 Å². The van der Waals surface area contributed by atoms with E-state index >= 15 is 0 Å². The van der Waals surface area contributed by atoms with Crippen LogP contribution in [-0.4, -0.2) is 42.0 Å². The van der Waals surface area contributed by atoms with Crippen molar-refractivity contribution in [2.24, 2.45) is 5.92 Å². The van der Waals surface area contributed by atoms with E-state index in [2.05, 4.69) is 15.6 Å². The van der Waals surface area contributed by atoms with Gasteiger partial charge in [0.15, 0.2) is 0 Å². The Labute approximate surface area is 170 Å². The van der Waals surface area contributed by atoms with Gasteiger partial charge in [-0.25, -0.2) is 4.79 Å². The van der Waals surface area contributed by atoms with Crippen LogP contribution < -0.4 is 10.6 Å². The number of nitrogens with one attached hydrogen (secondary N) is 2. The standard InChI is InChI=1S/C22H27N3O4/c1-15(2)13-19(22(28)29-3)25-21(27)18(14-16-9-5-4-6-10-16)24-20(26)17-11-7-8-12-23-17/h4-12,15,18-19H,13-14H2,1-3H3,(H,24,26)(H,25,27)/t18?,19-/m0/s1. The van der Waals surface area contributed by atoms with Crippen LogP contribution in [0.2, 0.25) is 0 Å². The minimum Gasteiger partial charge on any atom is -0.467 e. The summed E-state index contributed by atoms with van der Waals surface area (Å²) in [5.74, 6) is -1.24. The van der Waals surface area contributed by atoms with Crippen molar-refractivity contribution in [3.63, 3.8) is 0 Å². The zero-order valence-electron chi connectivity index (χ0n) is 16.9. The second kappa shape index (κ2) is 10.9. The monoisotopic (exact) mass is 397 g/mol. The molecule has 0 fully saturated rings. The molecule has 154 valence electrons. The maximum Gasteiger partial charge on any atom is 0.328 e. The van der Waals surface area contributed by atoms with Crippen molar-refractivity contribution in [3.05, 3.63) is 66.0 Å². The lowest BCUT2D eigenvalue weighted by molar-refractivity contribution is -0.145. The second-order valence-electron chi connectivity index (χ2n) is 7.14. The van der Waals surface area contributed by atoms with Crippen LogP contribution in [0.15, 0.2) is 54.7 Å². The number of pyridine rings is 1. The Hall–Kier alpha value is -3.22. The van der Waals surface area contributed by atoms with E-state index in [4.69, 9.17) is 4.74 Å². The summed E-state index contributed by atoms with van der Waals surface area (Å²) in [6.45, 7) is 3.90. The third kappa shape index (κ3) is 7.03. The minimum atomic E-state index is -0.869. The lowest BCUT2D eigenvalue weighted by atomic mass is 10.0. The normalized spacial score (nSPS) is 12.7. The first-order chi connectivity index (χ1) is 13.9. The van der Waals surface area contributed by atoms with Crippen LogP contribution >= 0.6 is 0 Å². The van der Waals surface area contributed by atoms with Crippen molar-refractivity contribution >= 4 is 17.8 Å². The third-order valence-corrected chi connectivity index (χ3v) is 4.31. The zero-order valence-corrected chi connectivity index (χ0v) is 16.9. The van der Waals surface area contributed by atoms with Crippen LogP contribution in [0.5, 0.6) is 0 Å². The summed E-state index contributed by atoms with van der Waals surface area (Å²) in [4.78, 5) is 41.6. The molecule has 0 aliphatic rings. The number of ether oxygens (including phenoxy) is 1. The van der Waals surface area contributed by atoms with E-state index in [0.717, 1.165) is 5.56 Å². The Bertz CT molecular complexity index is 809. The van der Waals surface area contributed by atoms with Gasteiger partial charge in [-0.3, -0.25) is 14.6 Å². The Kier molecular flexibility index (Phi) is 8.33. The predicted octanol–water partition coefficient (Wildman–Crippen LogP) is 2.13. The first kappa shape index (κ1) is 22.1. The van der Waals surface area contributed by atoms with Crippen LogP contribution in [0.1, 0.15) is 36.3 Å². The van der Waals surface area contributed by atoms with Gasteiger partial charge in [0.2, 0.25) is 5.91 Å². The van der Waals surface area contributed by atoms with E-state index in [1.165, 1.54) is 13.3 Å². The third-order valence-electron chi connectivity index (χ3n) is 4.31. The number of benzene rings is 1. The highest BCUT2D eigenvalue weighted by molar-refractivity contribution is 5.97. The van der Waals surface area contributed by atoms with Gasteiger partial charge in [0.25, 0.3) is 5.91 Å². The number of methoxy groups -OCH3 is 1. The molecule has 7 heteroatoms. The summed E-state index contributed by atoms with van der Waals surface area (Å²) < 4.78 is 4.81. The Morgan fingerprint density at radius 2 is 1.66 bits per heavy atom. The maximum absolute atomic E-state index is 13.0. The Balaban J connectivity index is 2.19. The number of hydrogen-bond donors (Lipinski definition) is 2. The van der Waals surface area contributed by atoms with E-state index in [1.807, 2.05) is 44.2 Å². The van der Waals surface area contributed by atoms with Crippen LogP contribution in [0, 0.1) is 5.92 Å². The molecule has 0 spiro atoms. The van der Waals surface area contributed by atoms with Gasteiger partial charge >= 0.3 is 5.97 Å². The van der Waals surface area contributed by atoms with Gasteiger partial charge in [-0.2, -0.15) is 0 Å². The van der Waals surface area contributed by atoms with E-state index < -0.39 is 29.9 Å². The zero-order chi connectivity index (χ0) is 21.2. The quantitative estimate of drug-likeness (QED) is 0.632. The molecule has 0 aliphatic carbocycles. The van der Waals surface area contributed by atoms with Crippen molar-refractivity contribution < 1.29 is 19.1 Å². The molecular weight excluding hydrogens is 370 g/mol. The van der Waals surface area contributed by atoms with Gasteiger partial charge in [0.05, 0.1) is 7.11 Å². The molecule has 1 aromatic heterocycles. The van der Waals surface area contributed by atoms with Crippen LogP contribution in [0.4, 0.5) is 0 Å². The number of amides is 2. The van der Waals surface area contributed by atoms with Crippen molar-refractivity contribution in [1.29, 1.82) is 0 Å². The number of rotatable bonds is 9. The molecule has 2 atom stereocenters. The van der Waals surface area contributed by atoms with Gasteiger partial charge < -0.3 is 15.4 Å². The van der Waals surface area contributed by atoms with Gasteiger partial charge in [0.1, 0.15) is 17.8 Å². The van der Waals surface area contributed by atoms with Gasteiger partial charge in [0, 0.05) is 12.6 Å². The fourth-order valence-electron chi connectivity index (χ4n) is 2.89. The van der Waals surface area contributed by atoms with Crippen molar-refractivity contribution in [3.8, 4) is 0 Å². The van der Waals surface area contributed by atoms with E-state index in [0.29, 0.717) is 6.42 Å². The smallest absolute Gasteiger partial charge is 0.328 e. The topological polar surface area (TPSA) is 97.4 Å². The molecule has 2 rings (SSSR count). The molecule has 0 saturated heterocycles. The molecule has 1 unspecified atom stereocenters. The summed E-state index contributed by atoms with van der Waals surface area (Å²) >= 11 is 0. The highest BCUT2D eigenvalue weighted by atomic mass is 16.5. The van der Waals surface area contributed by atoms with Crippen LogP contribution in [0.25, 0.3) is 0 Å².